The fourth-order valence-corrected chi connectivity index (χ4v) is 3.49. The lowest BCUT2D eigenvalue weighted by atomic mass is 9.88. The first-order valence-electron chi connectivity index (χ1n) is 8.47. The standard InChI is InChI=1S/C17H31N3O/c1-5-14(3)20-12-9-15(19-20)13-16(18-6-2)17(21-4)10-7-8-11-17/h9,12,14,16,18H,5-8,10-11,13H2,1-4H3. The number of ether oxygens (including phenoxy) is 1. The van der Waals surface area contributed by atoms with Gasteiger partial charge in [-0.05, 0) is 38.8 Å². The molecule has 1 fully saturated rings. The van der Waals surface area contributed by atoms with E-state index in [1.165, 1.54) is 18.5 Å². The van der Waals surface area contributed by atoms with Crippen LogP contribution in [0, 0.1) is 0 Å². The number of hydrogen-bond acceptors (Lipinski definition) is 3. The highest BCUT2D eigenvalue weighted by molar-refractivity contribution is 5.07. The molecule has 0 amide bonds. The van der Waals surface area contributed by atoms with E-state index in [0.29, 0.717) is 12.1 Å². The van der Waals surface area contributed by atoms with Crippen molar-refractivity contribution in [3.63, 3.8) is 0 Å². The summed E-state index contributed by atoms with van der Waals surface area (Å²) in [7, 11) is 1.87. The van der Waals surface area contributed by atoms with E-state index in [2.05, 4.69) is 43.0 Å². The molecule has 120 valence electrons. The predicted octanol–water partition coefficient (Wildman–Crippen LogP) is 3.33. The Balaban J connectivity index is 2.10. The van der Waals surface area contributed by atoms with E-state index in [1.54, 1.807) is 0 Å². The Morgan fingerprint density at radius 2 is 2.10 bits per heavy atom. The Morgan fingerprint density at radius 1 is 1.38 bits per heavy atom. The highest BCUT2D eigenvalue weighted by atomic mass is 16.5. The van der Waals surface area contributed by atoms with E-state index in [-0.39, 0.29) is 5.60 Å². The number of rotatable bonds is 8. The molecule has 0 radical (unpaired) electrons. The quantitative estimate of drug-likeness (QED) is 0.799. The molecule has 1 aromatic rings. The van der Waals surface area contributed by atoms with Gasteiger partial charge in [0.15, 0.2) is 0 Å². The zero-order valence-electron chi connectivity index (χ0n) is 14.1. The van der Waals surface area contributed by atoms with Crippen molar-refractivity contribution in [2.45, 2.75) is 77.0 Å². The van der Waals surface area contributed by atoms with Crippen molar-refractivity contribution in [1.29, 1.82) is 0 Å². The van der Waals surface area contributed by atoms with Crippen LogP contribution in [0.15, 0.2) is 12.3 Å². The average Bonchev–Trinajstić information content (AvgIpc) is 3.15. The number of nitrogens with zero attached hydrogens (tertiary/aromatic N) is 2. The van der Waals surface area contributed by atoms with Crippen LogP contribution >= 0.6 is 0 Å². The number of aromatic nitrogens is 2. The molecular formula is C17H31N3O. The third-order valence-corrected chi connectivity index (χ3v) is 5.06. The summed E-state index contributed by atoms with van der Waals surface area (Å²) in [5.41, 5.74) is 1.17. The average molecular weight is 293 g/mol. The maximum atomic E-state index is 5.96. The van der Waals surface area contributed by atoms with E-state index in [1.807, 2.05) is 7.11 Å². The molecule has 1 aliphatic carbocycles. The second-order valence-electron chi connectivity index (χ2n) is 6.33. The van der Waals surface area contributed by atoms with Crippen LogP contribution < -0.4 is 5.32 Å². The third-order valence-electron chi connectivity index (χ3n) is 5.06. The highest BCUT2D eigenvalue weighted by Gasteiger charge is 2.41. The van der Waals surface area contributed by atoms with Gasteiger partial charge in [0.1, 0.15) is 0 Å². The van der Waals surface area contributed by atoms with Gasteiger partial charge < -0.3 is 10.1 Å². The molecule has 2 unspecified atom stereocenters. The van der Waals surface area contributed by atoms with Gasteiger partial charge in [-0.1, -0.05) is 26.7 Å². The second-order valence-corrected chi connectivity index (χ2v) is 6.33. The minimum atomic E-state index is -0.00381. The van der Waals surface area contributed by atoms with Crippen LogP contribution in [0.2, 0.25) is 0 Å². The van der Waals surface area contributed by atoms with Gasteiger partial charge in [-0.25, -0.2) is 0 Å². The molecule has 0 spiro atoms. The molecule has 2 rings (SSSR count). The predicted molar refractivity (Wildman–Crippen MR) is 86.6 cm³/mol. The lowest BCUT2D eigenvalue weighted by Crippen LogP contribution is -2.51. The maximum absolute atomic E-state index is 5.96. The Morgan fingerprint density at radius 3 is 2.67 bits per heavy atom. The van der Waals surface area contributed by atoms with Crippen molar-refractivity contribution in [3.05, 3.63) is 18.0 Å². The molecule has 0 saturated heterocycles. The van der Waals surface area contributed by atoms with Crippen molar-refractivity contribution in [2.75, 3.05) is 13.7 Å². The summed E-state index contributed by atoms with van der Waals surface area (Å²) >= 11 is 0. The summed E-state index contributed by atoms with van der Waals surface area (Å²) in [5, 5.41) is 8.40. The lowest BCUT2D eigenvalue weighted by molar-refractivity contribution is -0.0353. The van der Waals surface area contributed by atoms with Crippen molar-refractivity contribution < 1.29 is 4.74 Å². The highest BCUT2D eigenvalue weighted by Crippen LogP contribution is 2.36. The summed E-state index contributed by atoms with van der Waals surface area (Å²) in [6.07, 6.45) is 9.04. The molecule has 1 N–H and O–H groups in total. The first-order chi connectivity index (χ1) is 10.1. The number of hydrogen-bond donors (Lipinski definition) is 1. The Kier molecular flexibility index (Phi) is 5.82. The van der Waals surface area contributed by atoms with E-state index in [0.717, 1.165) is 32.2 Å². The number of nitrogens with one attached hydrogen (secondary N) is 1. The fraction of sp³-hybridized carbons (Fsp3) is 0.824. The summed E-state index contributed by atoms with van der Waals surface area (Å²) in [4.78, 5) is 0. The topological polar surface area (TPSA) is 39.1 Å². The summed E-state index contributed by atoms with van der Waals surface area (Å²) < 4.78 is 8.05. The minimum absolute atomic E-state index is 0.00381. The van der Waals surface area contributed by atoms with Gasteiger partial charge in [0.05, 0.1) is 11.3 Å². The van der Waals surface area contributed by atoms with E-state index >= 15 is 0 Å². The SMILES string of the molecule is CCNC(Cc1ccn(C(C)CC)n1)C1(OC)CCCC1. The molecule has 1 aromatic heterocycles. The van der Waals surface area contributed by atoms with Crippen LogP contribution in [0.1, 0.15) is 64.6 Å². The van der Waals surface area contributed by atoms with Gasteiger partial charge in [-0.3, -0.25) is 4.68 Å². The molecular weight excluding hydrogens is 262 g/mol. The molecule has 4 nitrogen and oxygen atoms in total. The van der Waals surface area contributed by atoms with E-state index in [4.69, 9.17) is 9.84 Å². The Hall–Kier alpha value is -0.870. The van der Waals surface area contributed by atoms with Gasteiger partial charge in [0.25, 0.3) is 0 Å². The van der Waals surface area contributed by atoms with Crippen molar-refractivity contribution in [2.24, 2.45) is 0 Å². The lowest BCUT2D eigenvalue weighted by Gasteiger charge is -2.36. The first kappa shape index (κ1) is 16.5. The number of likely N-dealkylation sites (N-methyl/N-ethyl adjacent to an activating group) is 1. The molecule has 2 atom stereocenters. The molecule has 21 heavy (non-hydrogen) atoms. The summed E-state index contributed by atoms with van der Waals surface area (Å²) in [6, 6.07) is 2.99. The van der Waals surface area contributed by atoms with Gasteiger partial charge >= 0.3 is 0 Å². The smallest absolute Gasteiger partial charge is 0.0834 e. The molecule has 1 saturated carbocycles. The van der Waals surface area contributed by atoms with Crippen LogP contribution in [0.3, 0.4) is 0 Å². The monoisotopic (exact) mass is 293 g/mol. The summed E-state index contributed by atoms with van der Waals surface area (Å²) in [6.45, 7) is 7.56. The number of methoxy groups -OCH3 is 1. The zero-order valence-corrected chi connectivity index (χ0v) is 14.1. The molecule has 1 heterocycles. The molecule has 0 aliphatic heterocycles. The Labute approximate surface area is 129 Å². The van der Waals surface area contributed by atoms with Crippen molar-refractivity contribution >= 4 is 0 Å². The van der Waals surface area contributed by atoms with Crippen molar-refractivity contribution in [3.8, 4) is 0 Å². The Bertz CT molecular complexity index is 423. The molecule has 4 heteroatoms. The van der Waals surface area contributed by atoms with Crippen LogP contribution in [-0.2, 0) is 11.2 Å². The van der Waals surface area contributed by atoms with Crippen LogP contribution in [0.4, 0.5) is 0 Å². The molecule has 0 bridgehead atoms. The normalized spacial score (nSPS) is 20.6. The maximum Gasteiger partial charge on any atom is 0.0834 e. The molecule has 1 aliphatic rings. The van der Waals surface area contributed by atoms with Gasteiger partial charge in [0.2, 0.25) is 0 Å². The second kappa shape index (κ2) is 7.41. The van der Waals surface area contributed by atoms with Crippen molar-refractivity contribution in [1.82, 2.24) is 15.1 Å². The van der Waals surface area contributed by atoms with Crippen LogP contribution in [0.5, 0.6) is 0 Å². The molecule has 0 aromatic carbocycles. The van der Waals surface area contributed by atoms with Gasteiger partial charge in [-0.2, -0.15) is 5.10 Å². The fourth-order valence-electron chi connectivity index (χ4n) is 3.49. The van der Waals surface area contributed by atoms with E-state index < -0.39 is 0 Å². The first-order valence-corrected chi connectivity index (χ1v) is 8.47. The van der Waals surface area contributed by atoms with Crippen LogP contribution in [-0.4, -0.2) is 35.1 Å². The third kappa shape index (κ3) is 3.67. The zero-order chi connectivity index (χ0) is 15.3. The van der Waals surface area contributed by atoms with Gasteiger partial charge in [0, 0.05) is 31.8 Å². The van der Waals surface area contributed by atoms with E-state index in [9.17, 15) is 0 Å². The van der Waals surface area contributed by atoms with Crippen LogP contribution in [0.25, 0.3) is 0 Å². The largest absolute Gasteiger partial charge is 0.377 e. The van der Waals surface area contributed by atoms with Gasteiger partial charge in [-0.15, -0.1) is 0 Å². The minimum Gasteiger partial charge on any atom is -0.377 e. The summed E-state index contributed by atoms with van der Waals surface area (Å²) in [5.74, 6) is 0.